The summed E-state index contributed by atoms with van der Waals surface area (Å²) in [5, 5.41) is 2.67. The van der Waals surface area contributed by atoms with E-state index in [-0.39, 0.29) is 76.9 Å². The van der Waals surface area contributed by atoms with Gasteiger partial charge >= 0.3 is 0 Å². The van der Waals surface area contributed by atoms with Gasteiger partial charge in [0.1, 0.15) is 0 Å². The summed E-state index contributed by atoms with van der Waals surface area (Å²) in [5.41, 5.74) is 11.9. The predicted molar refractivity (Wildman–Crippen MR) is 441 cm³/mol. The van der Waals surface area contributed by atoms with E-state index in [1.165, 1.54) is 9.13 Å². The predicted octanol–water partition coefficient (Wildman–Crippen LogP) is 27.2. The van der Waals surface area contributed by atoms with Crippen LogP contribution >= 0.6 is 0 Å². The highest BCUT2D eigenvalue weighted by Crippen LogP contribution is 2.63. The fourth-order valence-corrected chi connectivity index (χ4v) is 16.4. The molecule has 0 saturated carbocycles. The summed E-state index contributed by atoms with van der Waals surface area (Å²) in [5.74, 6) is -0.981. The fraction of sp³-hybridized carbons (Fsp3) is 0.0909. The molecule has 1 atom stereocenters. The number of nitrogens with zero attached hydrogens (tertiary/aromatic N) is 5. The van der Waals surface area contributed by atoms with Gasteiger partial charge in [-0.1, -0.05) is 260 Å². The Kier molecular flexibility index (Phi) is 9.37. The standard InChI is InChI=1S/C99H73N5O/c1-98(2,3)67-45-50-86-80(56-67)81-57-68(99(4,5)6)46-51-87(81)103(86)88-42-24-36-76-77-37-25-43-89(97(77)105-96(76)88)104-91-58-69(100-82-38-20-16-32-72(82)73-33-17-21-39-83(73)100)47-49-79(91)94-78-48-44-64(61-26-10-7-11-27-61)55-90(78)102(70-53-65(62-28-12-8-13-29-62)52-66(54-70)63-30-14-9-15-31-63)92-59-71(60-93(104)95(92)94)101-84-40-22-18-34-74(84)75-35-19-23-41-85(75)101/h7-60,94H,1-6H3/i7D,10D,11D,16D,17D,18D,19D,20D,21D,22D,23D,26D,27D,32D,33D,34D,35D,38D,39D,40D,41D. The number of benzene rings is 15. The molecule has 0 aliphatic carbocycles. The summed E-state index contributed by atoms with van der Waals surface area (Å²) in [6.07, 6.45) is 0. The molecular formula is C99H73N5O. The topological polar surface area (TPSA) is 34.4 Å². The Morgan fingerprint density at radius 2 is 0.733 bits per heavy atom. The van der Waals surface area contributed by atoms with E-state index in [0.29, 0.717) is 78.4 Å². The third-order valence-electron chi connectivity index (χ3n) is 21.3. The first-order valence-corrected chi connectivity index (χ1v) is 35.0. The van der Waals surface area contributed by atoms with Gasteiger partial charge < -0.3 is 27.9 Å². The third kappa shape index (κ3) is 9.28. The molecule has 0 bridgehead atoms. The summed E-state index contributed by atoms with van der Waals surface area (Å²) in [6, 6.07) is 52.5. The minimum absolute atomic E-state index is 0.0870. The van der Waals surface area contributed by atoms with Crippen LogP contribution in [0, 0.1) is 0 Å². The molecule has 0 spiro atoms. The second-order valence-corrected chi connectivity index (χ2v) is 29.3. The Hall–Kier alpha value is -12.9. The number of hydrogen-bond donors (Lipinski definition) is 0. The van der Waals surface area contributed by atoms with Gasteiger partial charge in [0.05, 0.1) is 102 Å². The number of anilines is 6. The zero-order valence-electron chi connectivity index (χ0n) is 78.8. The molecule has 6 nitrogen and oxygen atoms in total. The van der Waals surface area contributed by atoms with Crippen molar-refractivity contribution < 1.29 is 33.2 Å². The lowest BCUT2D eigenvalue weighted by molar-refractivity contribution is 0.590. The summed E-state index contributed by atoms with van der Waals surface area (Å²) < 4.78 is 212. The highest BCUT2D eigenvalue weighted by molar-refractivity contribution is 6.17. The number of hydrogen-bond acceptors (Lipinski definition) is 3. The molecule has 6 heterocycles. The maximum Gasteiger partial charge on any atom is 0.159 e. The van der Waals surface area contributed by atoms with E-state index in [0.717, 1.165) is 55.2 Å². The number of rotatable bonds is 8. The van der Waals surface area contributed by atoms with Crippen molar-refractivity contribution in [2.45, 2.75) is 58.3 Å². The molecule has 0 amide bonds. The average Bonchev–Trinajstić information content (AvgIpc) is 1.68. The van der Waals surface area contributed by atoms with Crippen molar-refractivity contribution in [3.05, 3.63) is 355 Å². The Labute approximate surface area is 639 Å². The van der Waals surface area contributed by atoms with Crippen molar-refractivity contribution in [1.29, 1.82) is 0 Å². The van der Waals surface area contributed by atoms with Gasteiger partial charge in [-0.3, -0.25) is 0 Å². The lowest BCUT2D eigenvalue weighted by Crippen LogP contribution is -2.30. The van der Waals surface area contributed by atoms with Crippen LogP contribution in [0.5, 0.6) is 0 Å². The van der Waals surface area contributed by atoms with E-state index in [1.807, 2.05) is 137 Å². The van der Waals surface area contributed by atoms with E-state index in [4.69, 9.17) is 11.3 Å². The summed E-state index contributed by atoms with van der Waals surface area (Å²) in [6.45, 7) is 13.2. The maximum atomic E-state index is 10.1. The van der Waals surface area contributed by atoms with E-state index < -0.39 is 133 Å². The Morgan fingerprint density at radius 3 is 1.27 bits per heavy atom. The lowest BCUT2D eigenvalue weighted by atomic mass is 9.75. The number of aromatic nitrogens is 3. The van der Waals surface area contributed by atoms with Gasteiger partial charge in [0, 0.05) is 65.9 Å². The average molecular weight is 1370 g/mol. The summed E-state index contributed by atoms with van der Waals surface area (Å²) in [7, 11) is 0. The highest BCUT2D eigenvalue weighted by Gasteiger charge is 2.43. The van der Waals surface area contributed by atoms with Crippen molar-refractivity contribution in [2.24, 2.45) is 0 Å². The quantitative estimate of drug-likeness (QED) is 0.152. The van der Waals surface area contributed by atoms with Crippen LogP contribution in [0.1, 0.15) is 104 Å². The molecule has 0 saturated heterocycles. The molecule has 4 aromatic heterocycles. The number of fused-ring (bicyclic) bond motifs is 16. The SMILES string of the molecule is [2H]c1c([2H])c([2H])c(-c2ccc3c(c2)N(c2cc(-c4ccccc4)cc(-c4ccccc4)c2)c2cc(-n4c5c([2H])c([2H])c([2H])c([2H])c5c5c([2H])c([2H])c([2H])c([2H])c54)cc4c2C3c2ccc(-n3c5c([2H])c([2H])c([2H])c([2H])c5c5c([2H])c([2H])c([2H])c([2H])c53)cc2N4c2cccc3c2oc2c(-n4c5ccc(C(C)(C)C)cc5c5cc(C(C)(C)C)ccc54)cccc23)c([2H])c1[2H]. The van der Waals surface area contributed by atoms with Crippen LogP contribution in [-0.2, 0) is 10.8 Å². The number of para-hydroxylation sites is 6. The second-order valence-electron chi connectivity index (χ2n) is 29.3. The van der Waals surface area contributed by atoms with Gasteiger partial charge in [-0.15, -0.1) is 0 Å². The second kappa shape index (κ2) is 22.8. The molecule has 0 N–H and O–H groups in total. The molecular weight excluding hydrogens is 1280 g/mol. The normalized spacial score (nSPS) is 16.5. The van der Waals surface area contributed by atoms with Crippen molar-refractivity contribution in [2.75, 3.05) is 9.80 Å². The van der Waals surface area contributed by atoms with Crippen molar-refractivity contribution in [1.82, 2.24) is 13.7 Å². The first-order valence-electron chi connectivity index (χ1n) is 45.5. The first kappa shape index (κ1) is 43.1. The van der Waals surface area contributed by atoms with Crippen LogP contribution in [0.3, 0.4) is 0 Å². The molecule has 6 heteroatoms. The van der Waals surface area contributed by atoms with Gasteiger partial charge in [0.2, 0.25) is 0 Å². The Balaban J connectivity index is 0.962. The van der Waals surface area contributed by atoms with Crippen molar-refractivity contribution in [3.63, 3.8) is 0 Å². The molecule has 105 heavy (non-hydrogen) atoms. The number of furan rings is 1. The monoisotopic (exact) mass is 1370 g/mol. The van der Waals surface area contributed by atoms with Crippen molar-refractivity contribution >= 4 is 121 Å². The largest absolute Gasteiger partial charge is 0.452 e. The molecule has 0 radical (unpaired) electrons. The molecule has 2 aliphatic heterocycles. The lowest BCUT2D eigenvalue weighted by Gasteiger charge is -2.45. The molecule has 19 aromatic rings. The van der Waals surface area contributed by atoms with Crippen LogP contribution in [0.25, 0.3) is 138 Å². The molecule has 15 aromatic carbocycles. The smallest absolute Gasteiger partial charge is 0.159 e. The van der Waals surface area contributed by atoms with Crippen molar-refractivity contribution in [3.8, 4) is 50.4 Å². The molecule has 500 valence electrons. The summed E-state index contributed by atoms with van der Waals surface area (Å²) in [4.78, 5) is 3.98. The first-order chi connectivity index (χ1) is 60.1. The Morgan fingerprint density at radius 1 is 0.276 bits per heavy atom. The van der Waals surface area contributed by atoms with E-state index in [9.17, 15) is 21.9 Å². The molecule has 1 unspecified atom stereocenters. The zero-order chi connectivity index (χ0) is 88.4. The van der Waals surface area contributed by atoms with Gasteiger partial charge in [0.25, 0.3) is 0 Å². The van der Waals surface area contributed by atoms with E-state index in [1.54, 1.807) is 30.3 Å². The molecule has 2 aliphatic rings. The Bertz CT molecular complexity index is 7850. The summed E-state index contributed by atoms with van der Waals surface area (Å²) >= 11 is 0. The fourth-order valence-electron chi connectivity index (χ4n) is 16.4. The van der Waals surface area contributed by atoms with Gasteiger partial charge in [0.15, 0.2) is 11.2 Å². The minimum atomic E-state index is -0.981. The maximum absolute atomic E-state index is 10.1. The third-order valence-corrected chi connectivity index (χ3v) is 21.3. The molecule has 21 rings (SSSR count). The van der Waals surface area contributed by atoms with Gasteiger partial charge in [-0.05, 0) is 176 Å². The molecule has 0 fully saturated rings. The van der Waals surface area contributed by atoms with E-state index in [2.05, 4.69) is 88.6 Å². The van der Waals surface area contributed by atoms with Crippen LogP contribution in [0.2, 0.25) is 0 Å². The van der Waals surface area contributed by atoms with Crippen LogP contribution in [0.4, 0.5) is 34.1 Å². The van der Waals surface area contributed by atoms with Crippen LogP contribution < -0.4 is 9.80 Å². The van der Waals surface area contributed by atoms with Gasteiger partial charge in [-0.25, -0.2) is 0 Å². The zero-order valence-corrected chi connectivity index (χ0v) is 57.8. The van der Waals surface area contributed by atoms with Crippen LogP contribution in [-0.4, -0.2) is 13.7 Å². The highest BCUT2D eigenvalue weighted by atomic mass is 16.3. The minimum Gasteiger partial charge on any atom is -0.452 e. The van der Waals surface area contributed by atoms with Gasteiger partial charge in [-0.2, -0.15) is 0 Å². The van der Waals surface area contributed by atoms with Crippen LogP contribution in [0.15, 0.2) is 331 Å². The van der Waals surface area contributed by atoms with E-state index >= 15 is 0 Å².